The van der Waals surface area contributed by atoms with Crippen LogP contribution in [0.5, 0.6) is 0 Å². The second-order valence-corrected chi connectivity index (χ2v) is 14.6. The smallest absolute Gasteiger partial charge is 0.288 e. The van der Waals surface area contributed by atoms with E-state index in [1.807, 2.05) is 0 Å². The molecule has 50 heavy (non-hydrogen) atoms. The van der Waals surface area contributed by atoms with Crippen LogP contribution in [0.1, 0.15) is 31.8 Å². The predicted octanol–water partition coefficient (Wildman–Crippen LogP) is 5.11. The third kappa shape index (κ3) is 5.13. The summed E-state index contributed by atoms with van der Waals surface area (Å²) in [5, 5.41) is -0.154. The van der Waals surface area contributed by atoms with E-state index in [9.17, 15) is 45.1 Å². The number of rotatable bonds is 4. The van der Waals surface area contributed by atoms with Gasteiger partial charge in [-0.2, -0.15) is 16.8 Å². The number of hydrogen-bond donors (Lipinski definition) is 2. The molecule has 0 radical (unpaired) electrons. The van der Waals surface area contributed by atoms with Crippen molar-refractivity contribution in [3.05, 3.63) is 140 Å². The Bertz CT molecular complexity index is 2830. The van der Waals surface area contributed by atoms with Crippen molar-refractivity contribution in [2.45, 2.75) is 23.6 Å². The van der Waals surface area contributed by atoms with Gasteiger partial charge in [0.05, 0.1) is 33.2 Å². The Labute approximate surface area is 282 Å². The Morgan fingerprint density at radius 3 is 1.20 bits per heavy atom. The van der Waals surface area contributed by atoms with Gasteiger partial charge in [-0.15, -0.1) is 0 Å². The second kappa shape index (κ2) is 11.4. The van der Waals surface area contributed by atoms with E-state index in [2.05, 4.69) is 0 Å². The molecular weight excluding hydrogens is 685 g/mol. The first-order chi connectivity index (χ1) is 23.6. The van der Waals surface area contributed by atoms with Crippen molar-refractivity contribution >= 4 is 75.7 Å². The summed E-state index contributed by atoms with van der Waals surface area (Å²) in [5.74, 6) is -1.88. The van der Waals surface area contributed by atoms with Crippen molar-refractivity contribution in [1.82, 2.24) is 9.13 Å². The van der Waals surface area contributed by atoms with E-state index in [0.29, 0.717) is 11.1 Å². The number of carbonyl (C=O) groups is 2. The first-order valence-corrected chi connectivity index (χ1v) is 17.8. The quantitative estimate of drug-likeness (QED) is 0.184. The first-order valence-electron chi connectivity index (χ1n) is 14.9. The average molecular weight is 709 g/mol. The lowest BCUT2D eigenvalue weighted by atomic mass is 10.0. The normalized spacial score (nSPS) is 12.2. The Morgan fingerprint density at radius 2 is 0.840 bits per heavy atom. The van der Waals surface area contributed by atoms with Crippen LogP contribution in [-0.2, 0) is 20.2 Å². The SMILES string of the molecule is Cc1ccc2c(c1)c(=O)c1cc3c(cc1n2C(=O)c1ccccc1S(=O)(=O)O)c(=O)c1cc(C)ccc1n3C(=O)c1ccccc1S(=O)(=O)O. The second-order valence-electron chi connectivity index (χ2n) is 11.8. The van der Waals surface area contributed by atoms with E-state index in [1.165, 1.54) is 72.8 Å². The molecule has 250 valence electrons. The summed E-state index contributed by atoms with van der Waals surface area (Å²) in [7, 11) is -9.76. The maximum absolute atomic E-state index is 14.4. The number of hydrogen-bond acceptors (Lipinski definition) is 8. The number of fused-ring (bicyclic) bond motifs is 4. The van der Waals surface area contributed by atoms with Crippen LogP contribution in [0.3, 0.4) is 0 Å². The minimum Gasteiger partial charge on any atom is -0.288 e. The highest BCUT2D eigenvalue weighted by molar-refractivity contribution is 7.86. The number of carbonyl (C=O) groups excluding carboxylic acids is 2. The maximum atomic E-state index is 14.4. The highest BCUT2D eigenvalue weighted by Crippen LogP contribution is 2.30. The van der Waals surface area contributed by atoms with Gasteiger partial charge in [-0.25, -0.2) is 0 Å². The number of aryl methyl sites for hydroxylation is 2. The molecule has 7 rings (SSSR count). The van der Waals surface area contributed by atoms with Gasteiger partial charge >= 0.3 is 0 Å². The monoisotopic (exact) mass is 708 g/mol. The Morgan fingerprint density at radius 1 is 0.500 bits per heavy atom. The van der Waals surface area contributed by atoms with Crippen LogP contribution < -0.4 is 10.9 Å². The molecule has 0 spiro atoms. The summed E-state index contributed by atoms with van der Waals surface area (Å²) in [6.07, 6.45) is 0. The lowest BCUT2D eigenvalue weighted by Crippen LogP contribution is -2.23. The molecule has 2 heterocycles. The molecule has 0 aliphatic rings. The molecule has 0 aliphatic carbocycles. The molecule has 14 heteroatoms. The number of benzene rings is 5. The van der Waals surface area contributed by atoms with Crippen molar-refractivity contribution in [2.75, 3.05) is 0 Å². The van der Waals surface area contributed by atoms with Crippen LogP contribution in [0.4, 0.5) is 0 Å². The standard InChI is InChI=1S/C36H24N2O10S2/c1-19-11-13-27-23(15-19)33(39)25-17-30-26(18-29(25)37(27)35(41)21-7-3-5-9-31(21)49(43,44)45)34(40)24-16-20(2)12-14-28(24)38(30)36(42)22-8-4-6-10-32(22)50(46,47)48/h3-18H,1-2H3,(H,43,44,45)(H,46,47,48). The minimum absolute atomic E-state index is 0.0582. The van der Waals surface area contributed by atoms with Gasteiger partial charge in [0.1, 0.15) is 9.79 Å². The van der Waals surface area contributed by atoms with Gasteiger partial charge in [0.15, 0.2) is 10.9 Å². The Balaban J connectivity index is 1.69. The fourth-order valence-corrected chi connectivity index (χ4v) is 7.70. The summed E-state index contributed by atoms with van der Waals surface area (Å²) in [6.45, 7) is 3.45. The number of nitrogens with zero attached hydrogens (tertiary/aromatic N) is 2. The van der Waals surface area contributed by atoms with Crippen molar-refractivity contribution in [2.24, 2.45) is 0 Å². The van der Waals surface area contributed by atoms with E-state index in [0.717, 1.165) is 21.3 Å². The number of pyridine rings is 2. The van der Waals surface area contributed by atoms with E-state index in [4.69, 9.17) is 0 Å². The van der Waals surface area contributed by atoms with Gasteiger partial charge in [-0.1, -0.05) is 47.5 Å². The average Bonchev–Trinajstić information content (AvgIpc) is 3.07. The molecule has 2 N–H and O–H groups in total. The van der Waals surface area contributed by atoms with Crippen LogP contribution in [0.25, 0.3) is 43.6 Å². The summed E-state index contributed by atoms with van der Waals surface area (Å²) in [6, 6.07) is 21.8. The molecular formula is C36H24N2O10S2. The molecule has 0 bridgehead atoms. The van der Waals surface area contributed by atoms with Gasteiger partial charge in [-0.05, 0) is 74.5 Å². The van der Waals surface area contributed by atoms with Crippen LogP contribution in [0.15, 0.2) is 116 Å². The molecule has 0 unspecified atom stereocenters. The molecule has 0 fully saturated rings. The molecule has 2 aromatic heterocycles. The minimum atomic E-state index is -4.88. The predicted molar refractivity (Wildman–Crippen MR) is 186 cm³/mol. The topological polar surface area (TPSA) is 187 Å². The maximum Gasteiger partial charge on any atom is 0.295 e. The highest BCUT2D eigenvalue weighted by Gasteiger charge is 2.27. The van der Waals surface area contributed by atoms with Crippen LogP contribution in [-0.4, -0.2) is 46.9 Å². The first kappa shape index (κ1) is 32.7. The fourth-order valence-electron chi connectivity index (χ4n) is 6.33. The highest BCUT2D eigenvalue weighted by atomic mass is 32.2. The molecule has 5 aromatic carbocycles. The van der Waals surface area contributed by atoms with Gasteiger partial charge in [0.2, 0.25) is 0 Å². The van der Waals surface area contributed by atoms with Crippen LogP contribution in [0.2, 0.25) is 0 Å². The fraction of sp³-hybridized carbons (Fsp3) is 0.0556. The zero-order chi connectivity index (χ0) is 35.9. The lowest BCUT2D eigenvalue weighted by molar-refractivity contribution is 0.0957. The third-order valence-corrected chi connectivity index (χ3v) is 10.4. The molecule has 0 aliphatic heterocycles. The third-order valence-electron chi connectivity index (χ3n) is 8.56. The summed E-state index contributed by atoms with van der Waals surface area (Å²) in [4.78, 5) is 55.8. The van der Waals surface area contributed by atoms with Crippen molar-refractivity contribution in [3.8, 4) is 0 Å². The van der Waals surface area contributed by atoms with E-state index in [1.54, 1.807) is 26.0 Å². The Kier molecular flexibility index (Phi) is 7.45. The molecule has 12 nitrogen and oxygen atoms in total. The van der Waals surface area contributed by atoms with Crippen molar-refractivity contribution in [3.63, 3.8) is 0 Å². The summed E-state index contributed by atoms with van der Waals surface area (Å²) in [5.41, 5.74) is -0.718. The summed E-state index contributed by atoms with van der Waals surface area (Å²) < 4.78 is 71.3. The van der Waals surface area contributed by atoms with E-state index < -0.39 is 63.8 Å². The van der Waals surface area contributed by atoms with E-state index >= 15 is 0 Å². The molecule has 0 amide bonds. The largest absolute Gasteiger partial charge is 0.295 e. The molecule has 0 saturated heterocycles. The lowest BCUT2D eigenvalue weighted by Gasteiger charge is -2.19. The Hall–Kier alpha value is -5.80. The zero-order valence-corrected chi connectivity index (χ0v) is 27.7. The number of aromatic nitrogens is 2. The van der Waals surface area contributed by atoms with Gasteiger partial charge in [0.25, 0.3) is 32.1 Å². The molecule has 7 aromatic rings. The summed E-state index contributed by atoms with van der Waals surface area (Å²) >= 11 is 0. The van der Waals surface area contributed by atoms with Gasteiger partial charge < -0.3 is 0 Å². The molecule has 0 saturated carbocycles. The van der Waals surface area contributed by atoms with Crippen LogP contribution in [0, 0.1) is 13.8 Å². The van der Waals surface area contributed by atoms with Gasteiger partial charge in [-0.3, -0.25) is 37.4 Å². The van der Waals surface area contributed by atoms with Crippen LogP contribution >= 0.6 is 0 Å². The van der Waals surface area contributed by atoms with Gasteiger partial charge in [0, 0.05) is 21.5 Å². The van der Waals surface area contributed by atoms with Crippen molar-refractivity contribution < 1.29 is 35.5 Å². The zero-order valence-electron chi connectivity index (χ0n) is 26.1. The molecule has 0 atom stereocenters. The van der Waals surface area contributed by atoms with E-state index in [-0.39, 0.29) is 43.6 Å². The van der Waals surface area contributed by atoms with Crippen molar-refractivity contribution in [1.29, 1.82) is 0 Å².